The van der Waals surface area contributed by atoms with Gasteiger partial charge in [0.2, 0.25) is 5.91 Å². The molecule has 4 saturated carbocycles. The topological polar surface area (TPSA) is 56.1 Å². The molecule has 0 aromatic heterocycles. The summed E-state index contributed by atoms with van der Waals surface area (Å²) in [7, 11) is 0. The van der Waals surface area contributed by atoms with Crippen molar-refractivity contribution in [3.63, 3.8) is 0 Å². The summed E-state index contributed by atoms with van der Waals surface area (Å²) in [5.41, 5.74) is 1.10. The Bertz CT molecular complexity index is 547. The van der Waals surface area contributed by atoms with Crippen molar-refractivity contribution in [2.75, 3.05) is 13.1 Å². The van der Waals surface area contributed by atoms with E-state index in [1.807, 2.05) is 0 Å². The highest BCUT2D eigenvalue weighted by Crippen LogP contribution is 2.66. The van der Waals surface area contributed by atoms with Gasteiger partial charge in [-0.1, -0.05) is 13.8 Å². The average Bonchev–Trinajstić information content (AvgIpc) is 2.89. The van der Waals surface area contributed by atoms with Gasteiger partial charge >= 0.3 is 0 Å². The molecular formula is C19H29N3O. The van der Waals surface area contributed by atoms with Crippen molar-refractivity contribution < 1.29 is 4.79 Å². The van der Waals surface area contributed by atoms with Crippen LogP contribution < -0.4 is 5.32 Å². The molecule has 0 aromatic rings. The van der Waals surface area contributed by atoms with Crippen LogP contribution in [0, 0.1) is 28.1 Å². The molecule has 0 spiro atoms. The monoisotopic (exact) mass is 315 g/mol. The number of nitrogens with one attached hydrogen (secondary N) is 1. The minimum Gasteiger partial charge on any atom is -0.326 e. The van der Waals surface area contributed by atoms with Crippen LogP contribution in [0.4, 0.5) is 0 Å². The van der Waals surface area contributed by atoms with E-state index >= 15 is 0 Å². The number of rotatable bonds is 3. The Hall–Kier alpha value is -1.08. The summed E-state index contributed by atoms with van der Waals surface area (Å²) in [4.78, 5) is 14.4. The fourth-order valence-corrected chi connectivity index (χ4v) is 7.21. The van der Waals surface area contributed by atoms with E-state index in [1.54, 1.807) is 4.90 Å². The maximum Gasteiger partial charge on any atom is 0.237 e. The van der Waals surface area contributed by atoms with Crippen LogP contribution in [0.5, 0.6) is 0 Å². The van der Waals surface area contributed by atoms with Crippen LogP contribution in [0.3, 0.4) is 0 Å². The summed E-state index contributed by atoms with van der Waals surface area (Å²) < 4.78 is 0. The number of likely N-dealkylation sites (tertiary alicyclic amines) is 1. The molecule has 4 aliphatic carbocycles. The zero-order valence-electron chi connectivity index (χ0n) is 14.5. The second kappa shape index (κ2) is 4.96. The molecule has 3 atom stereocenters. The molecule has 5 aliphatic rings. The van der Waals surface area contributed by atoms with Gasteiger partial charge in [0.15, 0.2) is 0 Å². The fraction of sp³-hybridized carbons (Fsp3) is 0.895. The summed E-state index contributed by atoms with van der Waals surface area (Å²) in [5, 5.41) is 12.9. The highest BCUT2D eigenvalue weighted by atomic mass is 16.2. The summed E-state index contributed by atoms with van der Waals surface area (Å²) in [5.74, 6) is 0.961. The van der Waals surface area contributed by atoms with Gasteiger partial charge in [-0.25, -0.2) is 0 Å². The van der Waals surface area contributed by atoms with Crippen molar-refractivity contribution in [3.05, 3.63) is 0 Å². The first-order valence-corrected chi connectivity index (χ1v) is 9.29. The predicted molar refractivity (Wildman–Crippen MR) is 88.5 cm³/mol. The molecule has 4 nitrogen and oxygen atoms in total. The Labute approximate surface area is 139 Å². The molecule has 1 heterocycles. The highest BCUT2D eigenvalue weighted by molar-refractivity contribution is 5.79. The van der Waals surface area contributed by atoms with Gasteiger partial charge in [0.1, 0.15) is 6.04 Å². The van der Waals surface area contributed by atoms with Crippen LogP contribution in [0.1, 0.15) is 65.2 Å². The second-order valence-corrected chi connectivity index (χ2v) is 9.64. The molecule has 0 radical (unpaired) electrons. The van der Waals surface area contributed by atoms with Gasteiger partial charge in [0.25, 0.3) is 0 Å². The maximum absolute atomic E-state index is 12.6. The molecule has 1 aliphatic heterocycles. The molecular weight excluding hydrogens is 286 g/mol. The lowest BCUT2D eigenvalue weighted by Crippen LogP contribution is -2.65. The molecule has 126 valence electrons. The van der Waals surface area contributed by atoms with Crippen LogP contribution in [0.2, 0.25) is 0 Å². The van der Waals surface area contributed by atoms with Crippen LogP contribution in [-0.4, -0.2) is 35.5 Å². The second-order valence-electron chi connectivity index (χ2n) is 9.64. The molecule has 1 amide bonds. The standard InChI is InChI=1S/C19H29N3O/c1-17-6-14-7-18(2,11-17)13-19(8-14,12-17)21-10-16(23)22-5-3-4-15(22)9-20/h14-15,21H,3-8,10-13H2,1-2H3/t14?,15-,17?,18?,19?/m0/s1. The Morgan fingerprint density at radius 2 is 1.91 bits per heavy atom. The lowest BCUT2D eigenvalue weighted by Gasteiger charge is -2.65. The molecule has 5 fully saturated rings. The lowest BCUT2D eigenvalue weighted by molar-refractivity contribution is -0.136. The summed E-state index contributed by atoms with van der Waals surface area (Å²) >= 11 is 0. The Balaban J connectivity index is 1.45. The molecule has 23 heavy (non-hydrogen) atoms. The van der Waals surface area contributed by atoms with Crippen molar-refractivity contribution in [3.8, 4) is 6.07 Å². The van der Waals surface area contributed by atoms with E-state index in [4.69, 9.17) is 0 Å². The third-order valence-corrected chi connectivity index (χ3v) is 6.96. The predicted octanol–water partition coefficient (Wildman–Crippen LogP) is 2.84. The number of nitriles is 1. The van der Waals surface area contributed by atoms with Crippen molar-refractivity contribution in [2.45, 2.75) is 76.8 Å². The molecule has 5 rings (SSSR count). The molecule has 4 bridgehead atoms. The number of carbonyl (C=O) groups is 1. The van der Waals surface area contributed by atoms with Gasteiger partial charge in [-0.05, 0) is 68.1 Å². The maximum atomic E-state index is 12.6. The van der Waals surface area contributed by atoms with Crippen molar-refractivity contribution in [1.29, 1.82) is 5.26 Å². The third-order valence-electron chi connectivity index (χ3n) is 6.96. The van der Waals surface area contributed by atoms with E-state index < -0.39 is 0 Å². The lowest BCUT2D eigenvalue weighted by atomic mass is 9.43. The molecule has 1 saturated heterocycles. The summed E-state index contributed by atoms with van der Waals surface area (Å²) in [6, 6.07) is 2.08. The molecule has 2 unspecified atom stereocenters. The van der Waals surface area contributed by atoms with E-state index in [0.29, 0.717) is 17.4 Å². The van der Waals surface area contributed by atoms with Crippen molar-refractivity contribution in [2.24, 2.45) is 16.7 Å². The van der Waals surface area contributed by atoms with Crippen LogP contribution in [0.15, 0.2) is 0 Å². The summed E-state index contributed by atoms with van der Waals surface area (Å²) in [6.45, 7) is 6.08. The SMILES string of the molecule is CC12CC3CC(C)(C1)CC(NCC(=O)N1CCC[C@H]1C#N)(C3)C2. The van der Waals surface area contributed by atoms with Gasteiger partial charge in [-0.2, -0.15) is 5.26 Å². The van der Waals surface area contributed by atoms with E-state index in [2.05, 4.69) is 25.2 Å². The first-order valence-electron chi connectivity index (χ1n) is 9.29. The van der Waals surface area contributed by atoms with Crippen LogP contribution in [0.25, 0.3) is 0 Å². The van der Waals surface area contributed by atoms with Crippen LogP contribution >= 0.6 is 0 Å². The fourth-order valence-electron chi connectivity index (χ4n) is 7.21. The number of hydrogen-bond acceptors (Lipinski definition) is 3. The average molecular weight is 315 g/mol. The smallest absolute Gasteiger partial charge is 0.237 e. The number of amides is 1. The van der Waals surface area contributed by atoms with Crippen molar-refractivity contribution >= 4 is 5.91 Å². The summed E-state index contributed by atoms with van der Waals surface area (Å²) in [6.07, 6.45) is 9.61. The third kappa shape index (κ3) is 2.58. The van der Waals surface area contributed by atoms with Crippen LogP contribution in [-0.2, 0) is 4.79 Å². The van der Waals surface area contributed by atoms with Gasteiger partial charge < -0.3 is 10.2 Å². The van der Waals surface area contributed by atoms with Crippen molar-refractivity contribution in [1.82, 2.24) is 10.2 Å². The highest BCUT2D eigenvalue weighted by Gasteiger charge is 2.60. The first-order chi connectivity index (χ1) is 10.8. The van der Waals surface area contributed by atoms with E-state index in [-0.39, 0.29) is 17.5 Å². The number of hydrogen-bond donors (Lipinski definition) is 1. The Morgan fingerprint density at radius 1 is 1.22 bits per heavy atom. The zero-order chi connectivity index (χ0) is 16.3. The van der Waals surface area contributed by atoms with Gasteiger partial charge in [0.05, 0.1) is 12.6 Å². The largest absolute Gasteiger partial charge is 0.326 e. The Morgan fingerprint density at radius 3 is 2.52 bits per heavy atom. The minimum absolute atomic E-state index is 0.125. The quantitative estimate of drug-likeness (QED) is 0.871. The minimum atomic E-state index is -0.198. The Kier molecular flexibility index (Phi) is 3.33. The first kappa shape index (κ1) is 15.4. The molecule has 4 heteroatoms. The van der Waals surface area contributed by atoms with E-state index in [0.717, 1.165) is 25.3 Å². The molecule has 1 N–H and O–H groups in total. The van der Waals surface area contributed by atoms with E-state index in [1.165, 1.54) is 38.5 Å². The normalized spacial score (nSPS) is 47.8. The van der Waals surface area contributed by atoms with Gasteiger partial charge in [-0.15, -0.1) is 0 Å². The number of nitrogens with zero attached hydrogens (tertiary/aromatic N) is 2. The number of carbonyl (C=O) groups excluding carboxylic acids is 1. The van der Waals surface area contributed by atoms with E-state index in [9.17, 15) is 10.1 Å². The zero-order valence-corrected chi connectivity index (χ0v) is 14.5. The van der Waals surface area contributed by atoms with Gasteiger partial charge in [-0.3, -0.25) is 4.79 Å². The molecule has 0 aromatic carbocycles. The van der Waals surface area contributed by atoms with Gasteiger partial charge in [0, 0.05) is 12.1 Å².